The number of nitrogens with zero attached hydrogens (tertiary/aromatic N) is 1. The Balaban J connectivity index is 1.62. The van der Waals surface area contributed by atoms with Crippen molar-refractivity contribution in [2.24, 2.45) is 5.73 Å². The molecular formula is C16H23N3O. The number of benzene rings is 1. The van der Waals surface area contributed by atoms with E-state index < -0.39 is 0 Å². The number of carbonyl (C=O) groups excluding carboxylic acids is 1. The monoisotopic (exact) mass is 273 g/mol. The molecule has 1 aromatic carbocycles. The van der Waals surface area contributed by atoms with Crippen molar-refractivity contribution >= 4 is 5.91 Å². The number of rotatable bonds is 4. The van der Waals surface area contributed by atoms with Crippen molar-refractivity contribution in [2.75, 3.05) is 6.54 Å². The van der Waals surface area contributed by atoms with Gasteiger partial charge in [0.25, 0.3) is 0 Å². The summed E-state index contributed by atoms with van der Waals surface area (Å²) in [6.45, 7) is 1.13. The first-order chi connectivity index (χ1) is 9.76. The van der Waals surface area contributed by atoms with Gasteiger partial charge >= 0.3 is 0 Å². The molecule has 2 fully saturated rings. The summed E-state index contributed by atoms with van der Waals surface area (Å²) in [6.07, 6.45) is 4.64. The lowest BCUT2D eigenvalue weighted by Gasteiger charge is -2.39. The predicted molar refractivity (Wildman–Crippen MR) is 79.0 cm³/mol. The standard InChI is InChI=1S/C16H23N3O/c17-10-16(20)18-13-8-14-6-7-15(9-13)19(14)11-12-4-2-1-3-5-12/h1-5,13-15H,6-11,17H2,(H,18,20). The molecule has 108 valence electrons. The van der Waals surface area contributed by atoms with Gasteiger partial charge in [-0.15, -0.1) is 0 Å². The molecule has 4 nitrogen and oxygen atoms in total. The van der Waals surface area contributed by atoms with E-state index in [2.05, 4.69) is 40.5 Å². The Kier molecular flexibility index (Phi) is 4.03. The van der Waals surface area contributed by atoms with Gasteiger partial charge in [-0.1, -0.05) is 30.3 Å². The second-order valence-electron chi connectivity index (χ2n) is 5.98. The van der Waals surface area contributed by atoms with Crippen LogP contribution in [0.4, 0.5) is 0 Å². The van der Waals surface area contributed by atoms with Crippen LogP contribution in [-0.4, -0.2) is 35.5 Å². The van der Waals surface area contributed by atoms with Crippen LogP contribution < -0.4 is 11.1 Å². The normalized spacial score (nSPS) is 29.4. The molecule has 2 saturated heterocycles. The maximum Gasteiger partial charge on any atom is 0.233 e. The third kappa shape index (κ3) is 2.86. The highest BCUT2D eigenvalue weighted by Crippen LogP contribution is 2.36. The lowest BCUT2D eigenvalue weighted by molar-refractivity contribution is -0.120. The van der Waals surface area contributed by atoms with E-state index in [0.29, 0.717) is 18.1 Å². The Morgan fingerprint density at radius 1 is 1.20 bits per heavy atom. The topological polar surface area (TPSA) is 58.4 Å². The first-order valence-corrected chi connectivity index (χ1v) is 7.55. The molecule has 3 rings (SSSR count). The minimum absolute atomic E-state index is 0.0223. The molecule has 0 aromatic heterocycles. The predicted octanol–water partition coefficient (Wildman–Crippen LogP) is 1.26. The number of hydrogen-bond donors (Lipinski definition) is 2. The summed E-state index contributed by atoms with van der Waals surface area (Å²) in [5.41, 5.74) is 6.76. The van der Waals surface area contributed by atoms with Crippen molar-refractivity contribution in [1.29, 1.82) is 0 Å². The third-order valence-corrected chi connectivity index (χ3v) is 4.64. The number of carbonyl (C=O) groups is 1. The van der Waals surface area contributed by atoms with Crippen LogP contribution >= 0.6 is 0 Å². The van der Waals surface area contributed by atoms with Gasteiger partial charge in [-0.05, 0) is 31.2 Å². The molecule has 2 aliphatic rings. The highest BCUT2D eigenvalue weighted by atomic mass is 16.1. The average molecular weight is 273 g/mol. The van der Waals surface area contributed by atoms with Gasteiger partial charge in [0.2, 0.25) is 5.91 Å². The van der Waals surface area contributed by atoms with Crippen molar-refractivity contribution in [3.8, 4) is 0 Å². The van der Waals surface area contributed by atoms with E-state index in [1.165, 1.54) is 18.4 Å². The molecule has 2 heterocycles. The molecule has 2 aliphatic heterocycles. The van der Waals surface area contributed by atoms with Crippen molar-refractivity contribution in [3.05, 3.63) is 35.9 Å². The van der Waals surface area contributed by atoms with Gasteiger partial charge in [0.15, 0.2) is 0 Å². The Morgan fingerprint density at radius 2 is 1.85 bits per heavy atom. The molecule has 2 atom stereocenters. The van der Waals surface area contributed by atoms with Crippen LogP contribution in [0.1, 0.15) is 31.2 Å². The fourth-order valence-electron chi connectivity index (χ4n) is 3.73. The fraction of sp³-hybridized carbons (Fsp3) is 0.562. The molecular weight excluding hydrogens is 250 g/mol. The number of fused-ring (bicyclic) bond motifs is 2. The van der Waals surface area contributed by atoms with Crippen LogP contribution in [0.3, 0.4) is 0 Å². The van der Waals surface area contributed by atoms with Crippen LogP contribution in [0.15, 0.2) is 30.3 Å². The van der Waals surface area contributed by atoms with E-state index in [4.69, 9.17) is 5.73 Å². The van der Waals surface area contributed by atoms with Crippen LogP contribution in [0.2, 0.25) is 0 Å². The summed E-state index contributed by atoms with van der Waals surface area (Å²) < 4.78 is 0. The zero-order chi connectivity index (χ0) is 13.9. The highest BCUT2D eigenvalue weighted by Gasteiger charge is 2.40. The van der Waals surface area contributed by atoms with E-state index in [0.717, 1.165) is 19.4 Å². The smallest absolute Gasteiger partial charge is 0.233 e. The zero-order valence-corrected chi connectivity index (χ0v) is 11.8. The number of hydrogen-bond acceptors (Lipinski definition) is 3. The van der Waals surface area contributed by atoms with Gasteiger partial charge in [-0.2, -0.15) is 0 Å². The minimum Gasteiger partial charge on any atom is -0.352 e. The lowest BCUT2D eigenvalue weighted by Crippen LogP contribution is -2.50. The maximum absolute atomic E-state index is 11.4. The molecule has 0 radical (unpaired) electrons. The number of amides is 1. The van der Waals surface area contributed by atoms with Gasteiger partial charge in [0, 0.05) is 24.7 Å². The van der Waals surface area contributed by atoms with Gasteiger partial charge in [-0.3, -0.25) is 9.69 Å². The van der Waals surface area contributed by atoms with Crippen LogP contribution in [-0.2, 0) is 11.3 Å². The number of nitrogens with two attached hydrogens (primary N) is 1. The molecule has 20 heavy (non-hydrogen) atoms. The summed E-state index contributed by atoms with van der Waals surface area (Å²) >= 11 is 0. The average Bonchev–Trinajstić information content (AvgIpc) is 2.71. The van der Waals surface area contributed by atoms with Gasteiger partial charge in [-0.25, -0.2) is 0 Å². The Hall–Kier alpha value is -1.39. The molecule has 0 spiro atoms. The molecule has 0 saturated carbocycles. The summed E-state index contributed by atoms with van der Waals surface area (Å²) in [6, 6.07) is 12.2. The second-order valence-corrected chi connectivity index (χ2v) is 5.98. The molecule has 0 aliphatic carbocycles. The Labute approximate surface area is 120 Å². The van der Waals surface area contributed by atoms with Crippen molar-refractivity contribution < 1.29 is 4.79 Å². The first-order valence-electron chi connectivity index (χ1n) is 7.55. The van der Waals surface area contributed by atoms with E-state index in [1.54, 1.807) is 0 Å². The molecule has 2 unspecified atom stereocenters. The number of piperidine rings is 1. The maximum atomic E-state index is 11.4. The lowest BCUT2D eigenvalue weighted by atomic mass is 9.96. The third-order valence-electron chi connectivity index (χ3n) is 4.64. The molecule has 1 aromatic rings. The van der Waals surface area contributed by atoms with E-state index in [9.17, 15) is 4.79 Å². The van der Waals surface area contributed by atoms with Crippen LogP contribution in [0.5, 0.6) is 0 Å². The largest absolute Gasteiger partial charge is 0.352 e. The highest BCUT2D eigenvalue weighted by molar-refractivity contribution is 5.78. The minimum atomic E-state index is -0.0223. The second kappa shape index (κ2) is 5.94. The first kappa shape index (κ1) is 13.6. The zero-order valence-electron chi connectivity index (χ0n) is 11.8. The van der Waals surface area contributed by atoms with Crippen molar-refractivity contribution in [3.63, 3.8) is 0 Å². The van der Waals surface area contributed by atoms with Crippen molar-refractivity contribution in [1.82, 2.24) is 10.2 Å². The molecule has 3 N–H and O–H groups in total. The van der Waals surface area contributed by atoms with Gasteiger partial charge in [0.1, 0.15) is 0 Å². The van der Waals surface area contributed by atoms with Crippen LogP contribution in [0.25, 0.3) is 0 Å². The summed E-state index contributed by atoms with van der Waals surface area (Å²) in [5, 5.41) is 3.06. The summed E-state index contributed by atoms with van der Waals surface area (Å²) in [4.78, 5) is 14.1. The van der Waals surface area contributed by atoms with Gasteiger partial charge < -0.3 is 11.1 Å². The number of nitrogens with one attached hydrogen (secondary N) is 1. The SMILES string of the molecule is NCC(=O)NC1CC2CCC(C1)N2Cc1ccccc1. The molecule has 1 amide bonds. The molecule has 2 bridgehead atoms. The molecule has 4 heteroatoms. The fourth-order valence-corrected chi connectivity index (χ4v) is 3.73. The van der Waals surface area contributed by atoms with Crippen LogP contribution in [0, 0.1) is 0 Å². The van der Waals surface area contributed by atoms with Crippen molar-refractivity contribution in [2.45, 2.75) is 50.4 Å². The van der Waals surface area contributed by atoms with E-state index >= 15 is 0 Å². The van der Waals surface area contributed by atoms with E-state index in [-0.39, 0.29) is 12.5 Å². The Bertz CT molecular complexity index is 448. The van der Waals surface area contributed by atoms with E-state index in [1.807, 2.05) is 0 Å². The Morgan fingerprint density at radius 3 is 2.45 bits per heavy atom. The summed E-state index contributed by atoms with van der Waals surface area (Å²) in [5.74, 6) is -0.0223. The quantitative estimate of drug-likeness (QED) is 0.868. The van der Waals surface area contributed by atoms with Gasteiger partial charge in [0.05, 0.1) is 6.54 Å². The summed E-state index contributed by atoms with van der Waals surface area (Å²) in [7, 11) is 0.